The second-order valence-corrected chi connectivity index (χ2v) is 4.39. The molecule has 6 nitrogen and oxygen atoms in total. The second-order valence-electron chi connectivity index (χ2n) is 4.39. The molecule has 1 amide bonds. The predicted octanol–water partition coefficient (Wildman–Crippen LogP) is 0.820. The second kappa shape index (κ2) is 6.18. The third-order valence-corrected chi connectivity index (χ3v) is 2.61. The Morgan fingerprint density at radius 2 is 2.06 bits per heavy atom. The van der Waals surface area contributed by atoms with Gasteiger partial charge in [-0.25, -0.2) is 9.97 Å². The van der Waals surface area contributed by atoms with Gasteiger partial charge in [-0.05, 0) is 13.3 Å². The Morgan fingerprint density at radius 3 is 2.61 bits per heavy atom. The van der Waals surface area contributed by atoms with E-state index < -0.39 is 0 Å². The first-order valence-electron chi connectivity index (χ1n) is 6.02. The molecule has 0 saturated heterocycles. The van der Waals surface area contributed by atoms with Crippen LogP contribution in [0.15, 0.2) is 0 Å². The summed E-state index contributed by atoms with van der Waals surface area (Å²) in [6.07, 6.45) is 1.74. The number of amides is 1. The molecular weight excluding hydrogens is 230 g/mol. The lowest BCUT2D eigenvalue weighted by molar-refractivity contribution is -0.126. The SMILES string of the molecule is CCCc1nc(N)c(C)c(NCC(=O)N(C)C)n1. The van der Waals surface area contributed by atoms with Crippen molar-refractivity contribution in [3.05, 3.63) is 11.4 Å². The molecule has 0 spiro atoms. The van der Waals surface area contributed by atoms with Crippen LogP contribution in [0.1, 0.15) is 24.7 Å². The van der Waals surface area contributed by atoms with Crippen molar-refractivity contribution in [3.63, 3.8) is 0 Å². The third kappa shape index (κ3) is 3.58. The first-order valence-corrected chi connectivity index (χ1v) is 6.02. The minimum absolute atomic E-state index is 0.0105. The van der Waals surface area contributed by atoms with E-state index in [9.17, 15) is 4.79 Å². The van der Waals surface area contributed by atoms with Crippen LogP contribution in [0.5, 0.6) is 0 Å². The van der Waals surface area contributed by atoms with Crippen LogP contribution in [0.3, 0.4) is 0 Å². The largest absolute Gasteiger partial charge is 0.383 e. The maximum absolute atomic E-state index is 11.5. The molecule has 1 aromatic heterocycles. The van der Waals surface area contributed by atoms with Crippen molar-refractivity contribution in [2.24, 2.45) is 0 Å². The van der Waals surface area contributed by atoms with Gasteiger partial charge in [0.25, 0.3) is 0 Å². The quantitative estimate of drug-likeness (QED) is 0.809. The van der Waals surface area contributed by atoms with Crippen LogP contribution in [-0.4, -0.2) is 41.4 Å². The van der Waals surface area contributed by atoms with Gasteiger partial charge in [-0.15, -0.1) is 0 Å². The molecular formula is C12H21N5O. The van der Waals surface area contributed by atoms with Crippen LogP contribution in [0.4, 0.5) is 11.6 Å². The fraction of sp³-hybridized carbons (Fsp3) is 0.583. The van der Waals surface area contributed by atoms with Gasteiger partial charge in [-0.1, -0.05) is 6.92 Å². The van der Waals surface area contributed by atoms with E-state index in [1.165, 1.54) is 4.90 Å². The highest BCUT2D eigenvalue weighted by Gasteiger charge is 2.10. The Morgan fingerprint density at radius 1 is 1.39 bits per heavy atom. The first-order chi connectivity index (χ1) is 8.45. The minimum atomic E-state index is -0.0105. The number of nitrogen functional groups attached to an aromatic ring is 1. The van der Waals surface area contributed by atoms with Gasteiger partial charge in [0.1, 0.15) is 17.5 Å². The van der Waals surface area contributed by atoms with E-state index in [-0.39, 0.29) is 12.5 Å². The lowest BCUT2D eigenvalue weighted by Gasteiger charge is -2.14. The molecule has 0 aromatic carbocycles. The summed E-state index contributed by atoms with van der Waals surface area (Å²) in [6.45, 7) is 4.10. The van der Waals surface area contributed by atoms with E-state index in [4.69, 9.17) is 5.73 Å². The van der Waals surface area contributed by atoms with E-state index in [1.807, 2.05) is 6.92 Å². The maximum Gasteiger partial charge on any atom is 0.241 e. The number of anilines is 2. The third-order valence-electron chi connectivity index (χ3n) is 2.61. The van der Waals surface area contributed by atoms with Crippen molar-refractivity contribution >= 4 is 17.5 Å². The number of hydrogen-bond acceptors (Lipinski definition) is 5. The number of aryl methyl sites for hydroxylation is 1. The van der Waals surface area contributed by atoms with Gasteiger partial charge in [-0.3, -0.25) is 4.79 Å². The molecule has 1 heterocycles. The number of carbonyl (C=O) groups excluding carboxylic acids is 1. The highest BCUT2D eigenvalue weighted by molar-refractivity contribution is 5.80. The van der Waals surface area contributed by atoms with Crippen LogP contribution in [0.25, 0.3) is 0 Å². The molecule has 0 aliphatic carbocycles. The molecule has 0 unspecified atom stereocenters. The van der Waals surface area contributed by atoms with E-state index in [0.29, 0.717) is 17.5 Å². The summed E-state index contributed by atoms with van der Waals surface area (Å²) in [7, 11) is 3.43. The molecule has 100 valence electrons. The lowest BCUT2D eigenvalue weighted by Crippen LogP contribution is -2.29. The number of aromatic nitrogens is 2. The van der Waals surface area contributed by atoms with Gasteiger partial charge >= 0.3 is 0 Å². The van der Waals surface area contributed by atoms with E-state index in [1.54, 1.807) is 14.1 Å². The van der Waals surface area contributed by atoms with E-state index in [2.05, 4.69) is 22.2 Å². The Kier molecular flexibility index (Phi) is 4.88. The van der Waals surface area contributed by atoms with Crippen LogP contribution in [0.2, 0.25) is 0 Å². The standard InChI is InChI=1S/C12H21N5O/c1-5-6-9-15-11(13)8(2)12(16-9)14-7-10(18)17(3)4/h5-7H2,1-4H3,(H3,13,14,15,16). The number of nitrogens with zero attached hydrogens (tertiary/aromatic N) is 3. The molecule has 0 saturated carbocycles. The zero-order chi connectivity index (χ0) is 13.7. The predicted molar refractivity (Wildman–Crippen MR) is 72.4 cm³/mol. The molecule has 0 fully saturated rings. The molecule has 6 heteroatoms. The zero-order valence-corrected chi connectivity index (χ0v) is 11.4. The van der Waals surface area contributed by atoms with Crippen molar-refractivity contribution in [2.45, 2.75) is 26.7 Å². The van der Waals surface area contributed by atoms with Crippen molar-refractivity contribution in [1.29, 1.82) is 0 Å². The summed E-state index contributed by atoms with van der Waals surface area (Å²) in [5.74, 6) is 1.80. The molecule has 0 aliphatic heterocycles. The van der Waals surface area contributed by atoms with Crippen LogP contribution in [-0.2, 0) is 11.2 Å². The van der Waals surface area contributed by atoms with Gasteiger partial charge in [0.2, 0.25) is 5.91 Å². The summed E-state index contributed by atoms with van der Waals surface area (Å²) in [5.41, 5.74) is 6.61. The molecule has 3 N–H and O–H groups in total. The number of nitrogens with two attached hydrogens (primary N) is 1. The topological polar surface area (TPSA) is 84.1 Å². The van der Waals surface area contributed by atoms with Crippen molar-refractivity contribution in [2.75, 3.05) is 31.7 Å². The highest BCUT2D eigenvalue weighted by atomic mass is 16.2. The van der Waals surface area contributed by atoms with Gasteiger partial charge < -0.3 is 16.0 Å². The fourth-order valence-electron chi connectivity index (χ4n) is 1.41. The molecule has 18 heavy (non-hydrogen) atoms. The Labute approximate surface area is 108 Å². The van der Waals surface area contributed by atoms with Gasteiger partial charge in [0.05, 0.1) is 6.54 Å². The van der Waals surface area contributed by atoms with Crippen molar-refractivity contribution in [1.82, 2.24) is 14.9 Å². The van der Waals surface area contributed by atoms with Crippen LogP contribution >= 0.6 is 0 Å². The normalized spacial score (nSPS) is 10.2. The molecule has 0 radical (unpaired) electrons. The fourth-order valence-corrected chi connectivity index (χ4v) is 1.41. The summed E-state index contributed by atoms with van der Waals surface area (Å²) in [5, 5.41) is 3.01. The summed E-state index contributed by atoms with van der Waals surface area (Å²) in [6, 6.07) is 0. The Hall–Kier alpha value is -1.85. The zero-order valence-electron chi connectivity index (χ0n) is 11.4. The van der Waals surface area contributed by atoms with Gasteiger partial charge in [0, 0.05) is 26.1 Å². The Balaban J connectivity index is 2.83. The van der Waals surface area contributed by atoms with Crippen molar-refractivity contribution in [3.8, 4) is 0 Å². The molecule has 1 rings (SSSR count). The number of rotatable bonds is 5. The molecule has 0 atom stereocenters. The van der Waals surface area contributed by atoms with E-state index in [0.717, 1.165) is 18.4 Å². The summed E-state index contributed by atoms with van der Waals surface area (Å²) >= 11 is 0. The molecule has 0 bridgehead atoms. The smallest absolute Gasteiger partial charge is 0.241 e. The number of hydrogen-bond donors (Lipinski definition) is 2. The average molecular weight is 251 g/mol. The summed E-state index contributed by atoms with van der Waals surface area (Å²) in [4.78, 5) is 21.6. The summed E-state index contributed by atoms with van der Waals surface area (Å²) < 4.78 is 0. The monoisotopic (exact) mass is 251 g/mol. The lowest BCUT2D eigenvalue weighted by atomic mass is 10.2. The first kappa shape index (κ1) is 14.2. The van der Waals surface area contributed by atoms with Gasteiger partial charge in [-0.2, -0.15) is 0 Å². The molecule has 1 aromatic rings. The van der Waals surface area contributed by atoms with Crippen LogP contribution < -0.4 is 11.1 Å². The number of carbonyl (C=O) groups is 1. The van der Waals surface area contributed by atoms with Gasteiger partial charge in [0.15, 0.2) is 0 Å². The number of likely N-dealkylation sites (N-methyl/N-ethyl adjacent to an activating group) is 1. The Bertz CT molecular complexity index is 431. The minimum Gasteiger partial charge on any atom is -0.383 e. The highest BCUT2D eigenvalue weighted by Crippen LogP contribution is 2.17. The van der Waals surface area contributed by atoms with Crippen LogP contribution in [0, 0.1) is 6.92 Å². The number of nitrogens with one attached hydrogen (secondary N) is 1. The van der Waals surface area contributed by atoms with Crippen molar-refractivity contribution < 1.29 is 4.79 Å². The average Bonchev–Trinajstić information content (AvgIpc) is 2.31. The maximum atomic E-state index is 11.5. The van der Waals surface area contributed by atoms with E-state index >= 15 is 0 Å². The molecule has 0 aliphatic rings.